The zero-order valence-electron chi connectivity index (χ0n) is 13.9. The van der Waals surface area contributed by atoms with Gasteiger partial charge in [0.15, 0.2) is 0 Å². The molecule has 23 heavy (non-hydrogen) atoms. The van der Waals surface area contributed by atoms with Crippen LogP contribution in [0.3, 0.4) is 0 Å². The molecule has 1 saturated heterocycles. The van der Waals surface area contributed by atoms with E-state index in [-0.39, 0.29) is 17.5 Å². The van der Waals surface area contributed by atoms with Crippen LogP contribution in [0.1, 0.15) is 52.8 Å². The van der Waals surface area contributed by atoms with Gasteiger partial charge in [0.05, 0.1) is 20.3 Å². The first-order valence-electron chi connectivity index (χ1n) is 8.07. The second-order valence-electron chi connectivity index (χ2n) is 6.56. The second-order valence-corrected chi connectivity index (χ2v) is 7.48. The van der Waals surface area contributed by atoms with Crippen LogP contribution in [-0.4, -0.2) is 32.9 Å². The number of alkyl halides is 1. The lowest BCUT2D eigenvalue weighted by Crippen LogP contribution is -2.44. The van der Waals surface area contributed by atoms with Crippen LogP contribution in [0.5, 0.6) is 0 Å². The molecule has 1 fully saturated rings. The van der Waals surface area contributed by atoms with Crippen LogP contribution < -0.4 is 0 Å². The number of aryl methyl sites for hydroxylation is 1. The molecule has 2 heterocycles. The number of rotatable bonds is 2. The lowest BCUT2D eigenvalue weighted by atomic mass is 9.76. The SMILES string of the molecule is COC(=O)C(Br)c1cc(C)cc2c1[C@H](C)CO[C@@]21CCCOC1. The van der Waals surface area contributed by atoms with Gasteiger partial charge in [0.1, 0.15) is 10.4 Å². The van der Waals surface area contributed by atoms with E-state index in [9.17, 15) is 4.79 Å². The van der Waals surface area contributed by atoms with Crippen LogP contribution in [0.4, 0.5) is 0 Å². The number of benzene rings is 1. The van der Waals surface area contributed by atoms with E-state index in [1.807, 2.05) is 0 Å². The molecule has 4 nitrogen and oxygen atoms in total. The molecule has 1 aromatic carbocycles. The maximum Gasteiger partial charge on any atom is 0.324 e. The number of carbonyl (C=O) groups excluding carboxylic acids is 1. The van der Waals surface area contributed by atoms with Crippen LogP contribution in [0.25, 0.3) is 0 Å². The summed E-state index contributed by atoms with van der Waals surface area (Å²) in [5, 5.41) is 0. The highest BCUT2D eigenvalue weighted by atomic mass is 79.9. The van der Waals surface area contributed by atoms with Gasteiger partial charge in [-0.25, -0.2) is 0 Å². The molecule has 1 spiro atoms. The zero-order chi connectivity index (χ0) is 16.6. The van der Waals surface area contributed by atoms with Gasteiger partial charge in [0.25, 0.3) is 0 Å². The van der Waals surface area contributed by atoms with Crippen LogP contribution in [0.2, 0.25) is 0 Å². The Balaban J connectivity index is 2.15. The standard InChI is InChI=1S/C18H23BrO4/c1-11-7-13(16(19)17(20)21-3)15-12(2)9-23-18(14(15)8-11)5-4-6-22-10-18/h7-8,12,16H,4-6,9-10H2,1-3H3/t12-,16?,18-/m1/s1. The number of hydrogen-bond donors (Lipinski definition) is 0. The van der Waals surface area contributed by atoms with Gasteiger partial charge in [-0.1, -0.05) is 40.5 Å². The van der Waals surface area contributed by atoms with E-state index >= 15 is 0 Å². The molecular formula is C18H23BrO4. The quantitative estimate of drug-likeness (QED) is 0.577. The van der Waals surface area contributed by atoms with E-state index < -0.39 is 4.83 Å². The fourth-order valence-corrected chi connectivity index (χ4v) is 4.30. The minimum atomic E-state index is -0.455. The average molecular weight is 383 g/mol. The van der Waals surface area contributed by atoms with E-state index in [1.54, 1.807) is 0 Å². The fourth-order valence-electron chi connectivity index (χ4n) is 3.73. The fraction of sp³-hybridized carbons (Fsp3) is 0.611. The summed E-state index contributed by atoms with van der Waals surface area (Å²) < 4.78 is 16.9. The predicted octanol–water partition coefficient (Wildman–Crippen LogP) is 3.74. The van der Waals surface area contributed by atoms with Crippen LogP contribution in [-0.2, 0) is 24.6 Å². The molecule has 0 aliphatic carbocycles. The lowest BCUT2D eigenvalue weighted by molar-refractivity contribution is -0.146. The van der Waals surface area contributed by atoms with Crippen molar-refractivity contribution in [2.45, 2.75) is 43.0 Å². The average Bonchev–Trinajstić information content (AvgIpc) is 2.57. The highest BCUT2D eigenvalue weighted by molar-refractivity contribution is 9.09. The summed E-state index contributed by atoms with van der Waals surface area (Å²) in [6.45, 7) is 6.22. The Labute approximate surface area is 145 Å². The van der Waals surface area contributed by atoms with Crippen LogP contribution >= 0.6 is 15.9 Å². The Morgan fingerprint density at radius 1 is 1.48 bits per heavy atom. The number of hydrogen-bond acceptors (Lipinski definition) is 4. The van der Waals surface area contributed by atoms with E-state index in [0.29, 0.717) is 13.2 Å². The molecular weight excluding hydrogens is 360 g/mol. The van der Waals surface area contributed by atoms with Crippen molar-refractivity contribution in [2.75, 3.05) is 26.9 Å². The maximum atomic E-state index is 12.1. The molecule has 126 valence electrons. The van der Waals surface area contributed by atoms with E-state index in [0.717, 1.165) is 30.6 Å². The molecule has 0 bridgehead atoms. The van der Waals surface area contributed by atoms with Crippen molar-refractivity contribution in [1.29, 1.82) is 0 Å². The topological polar surface area (TPSA) is 44.8 Å². The van der Waals surface area contributed by atoms with Crippen molar-refractivity contribution >= 4 is 21.9 Å². The molecule has 3 rings (SSSR count). The summed E-state index contributed by atoms with van der Waals surface area (Å²) in [5.41, 5.74) is 4.13. The number of methoxy groups -OCH3 is 1. The highest BCUT2D eigenvalue weighted by Gasteiger charge is 2.43. The van der Waals surface area contributed by atoms with Gasteiger partial charge >= 0.3 is 5.97 Å². The number of carbonyl (C=O) groups is 1. The summed E-state index contributed by atoms with van der Waals surface area (Å²) in [6.07, 6.45) is 1.95. The summed E-state index contributed by atoms with van der Waals surface area (Å²) in [5.74, 6) is -0.0386. The third kappa shape index (κ3) is 2.94. The minimum absolute atomic E-state index is 0.234. The van der Waals surface area contributed by atoms with Crippen molar-refractivity contribution < 1.29 is 19.0 Å². The zero-order valence-corrected chi connectivity index (χ0v) is 15.4. The van der Waals surface area contributed by atoms with Crippen molar-refractivity contribution in [3.63, 3.8) is 0 Å². The lowest BCUT2D eigenvalue weighted by Gasteiger charge is -2.44. The number of halogens is 1. The van der Waals surface area contributed by atoms with E-state index in [1.165, 1.54) is 18.2 Å². The Morgan fingerprint density at radius 2 is 2.26 bits per heavy atom. The molecule has 0 aromatic heterocycles. The molecule has 0 radical (unpaired) electrons. The largest absolute Gasteiger partial charge is 0.468 e. The van der Waals surface area contributed by atoms with Gasteiger partial charge in [0.2, 0.25) is 0 Å². The summed E-state index contributed by atoms with van der Waals surface area (Å²) >= 11 is 3.52. The van der Waals surface area contributed by atoms with E-state index in [2.05, 4.69) is 41.9 Å². The molecule has 1 aromatic rings. The summed E-state index contributed by atoms with van der Waals surface area (Å²) in [4.78, 5) is 11.6. The third-order valence-electron chi connectivity index (χ3n) is 4.84. The number of ether oxygens (including phenoxy) is 3. The Hall–Kier alpha value is -0.910. The monoisotopic (exact) mass is 382 g/mol. The molecule has 0 N–H and O–H groups in total. The van der Waals surface area contributed by atoms with Crippen molar-refractivity contribution in [2.24, 2.45) is 0 Å². The van der Waals surface area contributed by atoms with Gasteiger partial charge < -0.3 is 14.2 Å². The summed E-state index contributed by atoms with van der Waals surface area (Å²) in [7, 11) is 1.42. The molecule has 5 heteroatoms. The maximum absolute atomic E-state index is 12.1. The Bertz CT molecular complexity index is 607. The van der Waals surface area contributed by atoms with E-state index in [4.69, 9.17) is 14.2 Å². The first-order chi connectivity index (χ1) is 11.0. The molecule has 2 aliphatic rings. The van der Waals surface area contributed by atoms with Crippen molar-refractivity contribution in [3.8, 4) is 0 Å². The van der Waals surface area contributed by atoms with Gasteiger partial charge in [-0.2, -0.15) is 0 Å². The first kappa shape index (κ1) is 16.9. The highest BCUT2D eigenvalue weighted by Crippen LogP contribution is 2.47. The van der Waals surface area contributed by atoms with Gasteiger partial charge in [-0.05, 0) is 36.5 Å². The normalized spacial score (nSPS) is 28.3. The molecule has 1 unspecified atom stereocenters. The van der Waals surface area contributed by atoms with Gasteiger partial charge in [0, 0.05) is 12.5 Å². The number of esters is 1. The van der Waals surface area contributed by atoms with Crippen molar-refractivity contribution in [1.82, 2.24) is 0 Å². The minimum Gasteiger partial charge on any atom is -0.468 e. The third-order valence-corrected chi connectivity index (χ3v) is 5.70. The van der Waals surface area contributed by atoms with Gasteiger partial charge in [-0.3, -0.25) is 4.79 Å². The molecule has 0 saturated carbocycles. The Kier molecular flexibility index (Phi) is 4.81. The predicted molar refractivity (Wildman–Crippen MR) is 91.0 cm³/mol. The van der Waals surface area contributed by atoms with Crippen LogP contribution in [0, 0.1) is 6.92 Å². The van der Waals surface area contributed by atoms with Crippen LogP contribution in [0.15, 0.2) is 12.1 Å². The first-order valence-corrected chi connectivity index (χ1v) is 8.98. The Morgan fingerprint density at radius 3 is 2.91 bits per heavy atom. The smallest absolute Gasteiger partial charge is 0.324 e. The molecule has 2 aliphatic heterocycles. The van der Waals surface area contributed by atoms with Gasteiger partial charge in [-0.15, -0.1) is 0 Å². The second kappa shape index (κ2) is 6.54. The summed E-state index contributed by atoms with van der Waals surface area (Å²) in [6, 6.07) is 4.27. The number of fused-ring (bicyclic) bond motifs is 2. The molecule has 3 atom stereocenters. The van der Waals surface area contributed by atoms with Crippen molar-refractivity contribution in [3.05, 3.63) is 34.4 Å². The molecule has 0 amide bonds.